The van der Waals surface area contributed by atoms with Crippen molar-refractivity contribution in [1.29, 1.82) is 0 Å². The molecule has 3 aromatic rings. The van der Waals surface area contributed by atoms with Crippen LogP contribution in [0.1, 0.15) is 17.2 Å². The van der Waals surface area contributed by atoms with Gasteiger partial charge in [-0.3, -0.25) is 0 Å². The summed E-state index contributed by atoms with van der Waals surface area (Å²) in [5.74, 6) is -0.879. The number of halogens is 1. The zero-order valence-corrected chi connectivity index (χ0v) is 14.1. The summed E-state index contributed by atoms with van der Waals surface area (Å²) in [6.07, 6.45) is 1.74. The first kappa shape index (κ1) is 17.5. The van der Waals surface area contributed by atoms with Crippen LogP contribution in [0.5, 0.6) is 5.75 Å². The van der Waals surface area contributed by atoms with Gasteiger partial charge in [0.1, 0.15) is 12.9 Å². The molecule has 0 saturated heterocycles. The van der Waals surface area contributed by atoms with E-state index in [-0.39, 0.29) is 12.4 Å². The molecule has 0 aliphatic rings. The smallest absolute Gasteiger partial charge is 0.331 e. The predicted octanol–water partition coefficient (Wildman–Crippen LogP) is 2.35. The summed E-state index contributed by atoms with van der Waals surface area (Å²) < 4.78 is 25.3. The van der Waals surface area contributed by atoms with Crippen LogP contribution >= 0.6 is 0 Å². The van der Waals surface area contributed by atoms with E-state index < -0.39 is 17.8 Å². The molecule has 0 amide bonds. The van der Waals surface area contributed by atoms with E-state index in [9.17, 15) is 9.18 Å². The second-order valence-corrected chi connectivity index (χ2v) is 5.57. The van der Waals surface area contributed by atoms with Gasteiger partial charge in [0, 0.05) is 6.42 Å². The third-order valence-corrected chi connectivity index (χ3v) is 3.83. The van der Waals surface area contributed by atoms with E-state index in [2.05, 4.69) is 15.5 Å². The number of rotatable bonds is 7. The molecule has 0 unspecified atom stereocenters. The second-order valence-electron chi connectivity index (χ2n) is 5.57. The molecule has 134 valence electrons. The molecule has 0 saturated carbocycles. The van der Waals surface area contributed by atoms with Crippen LogP contribution in [0.3, 0.4) is 0 Å². The minimum absolute atomic E-state index is 0.0623. The van der Waals surface area contributed by atoms with E-state index in [0.29, 0.717) is 12.0 Å². The summed E-state index contributed by atoms with van der Waals surface area (Å²) in [6, 6.07) is 13.2. The normalized spacial score (nSPS) is 11.8. The number of ether oxygens (including phenoxy) is 2. The van der Waals surface area contributed by atoms with Gasteiger partial charge in [0.25, 0.3) is 0 Å². The quantitative estimate of drug-likeness (QED) is 0.605. The molecule has 8 heteroatoms. The Labute approximate surface area is 149 Å². The molecule has 1 heterocycles. The van der Waals surface area contributed by atoms with Gasteiger partial charge in [-0.25, -0.2) is 13.9 Å². The number of benzene rings is 2. The van der Waals surface area contributed by atoms with E-state index in [1.807, 2.05) is 30.3 Å². The molecular formula is C18H17FN4O3. The fourth-order valence-corrected chi connectivity index (χ4v) is 2.48. The number of aromatic nitrogens is 4. The Morgan fingerprint density at radius 3 is 2.65 bits per heavy atom. The molecule has 26 heavy (non-hydrogen) atoms. The lowest BCUT2D eigenvalue weighted by Gasteiger charge is -2.16. The number of hydrogen-bond donors (Lipinski definition) is 0. The molecule has 0 radical (unpaired) electrons. The van der Waals surface area contributed by atoms with Gasteiger partial charge < -0.3 is 9.47 Å². The average molecular weight is 356 g/mol. The summed E-state index contributed by atoms with van der Waals surface area (Å²) in [5, 5.41) is 11.0. The molecule has 1 atom stereocenters. The molecule has 0 aliphatic carbocycles. The van der Waals surface area contributed by atoms with Crippen LogP contribution in [0.4, 0.5) is 4.39 Å². The first-order valence-corrected chi connectivity index (χ1v) is 7.93. The first-order chi connectivity index (χ1) is 12.7. The van der Waals surface area contributed by atoms with Gasteiger partial charge >= 0.3 is 5.97 Å². The zero-order chi connectivity index (χ0) is 18.4. The fraction of sp³-hybridized carbons (Fsp3) is 0.222. The van der Waals surface area contributed by atoms with Crippen molar-refractivity contribution in [3.63, 3.8) is 0 Å². The topological polar surface area (TPSA) is 79.1 Å². The highest BCUT2D eigenvalue weighted by Crippen LogP contribution is 2.20. The molecule has 0 N–H and O–H groups in total. The predicted molar refractivity (Wildman–Crippen MR) is 89.7 cm³/mol. The Balaban J connectivity index is 1.70. The number of carbonyl (C=O) groups is 1. The van der Waals surface area contributed by atoms with Gasteiger partial charge in [0.2, 0.25) is 0 Å². The Kier molecular flexibility index (Phi) is 5.52. The number of tetrazole rings is 1. The zero-order valence-electron chi connectivity index (χ0n) is 14.1. The highest BCUT2D eigenvalue weighted by molar-refractivity contribution is 5.74. The van der Waals surface area contributed by atoms with Gasteiger partial charge in [-0.2, -0.15) is 0 Å². The molecule has 0 bridgehead atoms. The molecule has 0 aliphatic heterocycles. The van der Waals surface area contributed by atoms with Crippen LogP contribution in [-0.2, 0) is 22.6 Å². The van der Waals surface area contributed by atoms with Gasteiger partial charge in [-0.1, -0.05) is 36.4 Å². The van der Waals surface area contributed by atoms with Crippen LogP contribution in [-0.4, -0.2) is 33.3 Å². The van der Waals surface area contributed by atoms with E-state index in [1.54, 1.807) is 6.07 Å². The number of carbonyl (C=O) groups excluding carboxylic acids is 1. The van der Waals surface area contributed by atoms with E-state index >= 15 is 0 Å². The third-order valence-electron chi connectivity index (χ3n) is 3.83. The van der Waals surface area contributed by atoms with Crippen molar-refractivity contribution in [2.45, 2.75) is 19.1 Å². The van der Waals surface area contributed by atoms with Gasteiger partial charge in [0.05, 0.1) is 7.11 Å². The van der Waals surface area contributed by atoms with E-state index in [1.165, 1.54) is 30.3 Å². The highest BCUT2D eigenvalue weighted by atomic mass is 19.1. The van der Waals surface area contributed by atoms with Crippen molar-refractivity contribution in [3.8, 4) is 5.75 Å². The number of nitrogens with zero attached hydrogens (tertiary/aromatic N) is 4. The lowest BCUT2D eigenvalue weighted by Crippen LogP contribution is -2.24. The van der Waals surface area contributed by atoms with E-state index in [4.69, 9.17) is 9.47 Å². The maximum absolute atomic E-state index is 13.7. The fourth-order valence-electron chi connectivity index (χ4n) is 2.48. The van der Waals surface area contributed by atoms with Crippen LogP contribution in [0, 0.1) is 5.82 Å². The highest BCUT2D eigenvalue weighted by Gasteiger charge is 2.24. The van der Waals surface area contributed by atoms with Crippen molar-refractivity contribution in [1.82, 2.24) is 20.2 Å². The largest absolute Gasteiger partial charge is 0.494 e. The Morgan fingerprint density at radius 1 is 1.19 bits per heavy atom. The van der Waals surface area contributed by atoms with Crippen LogP contribution in [0.25, 0.3) is 0 Å². The lowest BCUT2D eigenvalue weighted by atomic mass is 10.1. The molecular weight excluding hydrogens is 339 g/mol. The summed E-state index contributed by atoms with van der Waals surface area (Å²) in [7, 11) is 1.39. The number of methoxy groups -OCH3 is 1. The minimum Gasteiger partial charge on any atom is -0.494 e. The Morgan fingerprint density at radius 2 is 2.00 bits per heavy atom. The van der Waals surface area contributed by atoms with Crippen LogP contribution in [0.2, 0.25) is 0 Å². The van der Waals surface area contributed by atoms with Crippen LogP contribution in [0.15, 0.2) is 54.9 Å². The maximum Gasteiger partial charge on any atom is 0.331 e. The third kappa shape index (κ3) is 4.21. The van der Waals surface area contributed by atoms with Crippen molar-refractivity contribution in [2.24, 2.45) is 0 Å². The van der Waals surface area contributed by atoms with Gasteiger partial charge in [0.15, 0.2) is 17.6 Å². The lowest BCUT2D eigenvalue weighted by molar-refractivity contribution is -0.149. The standard InChI is InChI=1S/C18H17FN4O3/c1-25-17-8-7-14(9-15(17)19)11-26-18(24)16(23-12-20-21-22-23)10-13-5-3-2-4-6-13/h2-9,12,16H,10-11H2,1H3/t16-/m1/s1. The summed E-state index contributed by atoms with van der Waals surface area (Å²) in [6.45, 7) is -0.0623. The molecule has 1 aromatic heterocycles. The number of esters is 1. The first-order valence-electron chi connectivity index (χ1n) is 7.93. The van der Waals surface area contributed by atoms with E-state index in [0.717, 1.165) is 5.56 Å². The molecule has 3 rings (SSSR count). The maximum atomic E-state index is 13.7. The average Bonchev–Trinajstić information content (AvgIpc) is 3.19. The van der Waals surface area contributed by atoms with Crippen molar-refractivity contribution >= 4 is 5.97 Å². The summed E-state index contributed by atoms with van der Waals surface area (Å²) in [4.78, 5) is 12.6. The number of hydrogen-bond acceptors (Lipinski definition) is 6. The van der Waals surface area contributed by atoms with Crippen LogP contribution < -0.4 is 4.74 Å². The Bertz CT molecular complexity index is 856. The molecule has 2 aromatic carbocycles. The van der Waals surface area contributed by atoms with Gasteiger partial charge in [-0.15, -0.1) is 5.10 Å². The van der Waals surface area contributed by atoms with Gasteiger partial charge in [-0.05, 0) is 33.7 Å². The monoisotopic (exact) mass is 356 g/mol. The molecule has 7 nitrogen and oxygen atoms in total. The summed E-state index contributed by atoms with van der Waals surface area (Å²) in [5.41, 5.74) is 1.47. The van der Waals surface area contributed by atoms with Crippen molar-refractivity contribution < 1.29 is 18.7 Å². The van der Waals surface area contributed by atoms with Crippen molar-refractivity contribution in [3.05, 3.63) is 71.8 Å². The molecule has 0 spiro atoms. The second kappa shape index (κ2) is 8.19. The Hall–Kier alpha value is -3.29. The SMILES string of the molecule is COc1ccc(COC(=O)[C@@H](Cc2ccccc2)n2cnnn2)cc1F. The van der Waals surface area contributed by atoms with Crippen molar-refractivity contribution in [2.75, 3.05) is 7.11 Å². The minimum atomic E-state index is -0.713. The summed E-state index contributed by atoms with van der Waals surface area (Å²) >= 11 is 0. The molecule has 0 fully saturated rings.